The van der Waals surface area contributed by atoms with Crippen LogP contribution in [0.25, 0.3) is 0 Å². The Balaban J connectivity index is 1.13. The first kappa shape index (κ1) is 26.3. The molecule has 0 bridgehead atoms. The van der Waals surface area contributed by atoms with Gasteiger partial charge in [0.1, 0.15) is 0 Å². The highest BCUT2D eigenvalue weighted by molar-refractivity contribution is 6.31. The molecule has 196 valence electrons. The SMILES string of the molecule is CC1(CCCc2ccccc2Cl)CCC(CCC2CC(c3ccccc3)(C3C=CC=CC3)NC2=O)CC1. The van der Waals surface area contributed by atoms with Gasteiger partial charge in [0.25, 0.3) is 0 Å². The Bertz CT molecular complexity index is 1110. The van der Waals surface area contributed by atoms with Gasteiger partial charge in [0.2, 0.25) is 5.91 Å². The molecule has 1 saturated heterocycles. The zero-order valence-electron chi connectivity index (χ0n) is 22.3. The summed E-state index contributed by atoms with van der Waals surface area (Å²) < 4.78 is 0. The Labute approximate surface area is 228 Å². The van der Waals surface area contributed by atoms with E-state index in [2.05, 4.69) is 79.0 Å². The van der Waals surface area contributed by atoms with E-state index in [9.17, 15) is 4.79 Å². The molecule has 37 heavy (non-hydrogen) atoms. The van der Waals surface area contributed by atoms with Crippen LogP contribution in [0.15, 0.2) is 78.9 Å². The molecule has 0 aromatic heterocycles. The van der Waals surface area contributed by atoms with Crippen molar-refractivity contribution in [1.29, 1.82) is 0 Å². The molecule has 3 heteroatoms. The summed E-state index contributed by atoms with van der Waals surface area (Å²) in [7, 11) is 0. The van der Waals surface area contributed by atoms with Crippen LogP contribution >= 0.6 is 11.6 Å². The Morgan fingerprint density at radius 3 is 2.46 bits per heavy atom. The van der Waals surface area contributed by atoms with Crippen LogP contribution in [-0.4, -0.2) is 5.91 Å². The topological polar surface area (TPSA) is 29.1 Å². The molecule has 0 radical (unpaired) electrons. The van der Waals surface area contributed by atoms with Crippen LogP contribution in [0.5, 0.6) is 0 Å². The van der Waals surface area contributed by atoms with Crippen LogP contribution in [0.1, 0.15) is 82.3 Å². The van der Waals surface area contributed by atoms with E-state index in [4.69, 9.17) is 11.6 Å². The number of hydrogen-bond acceptors (Lipinski definition) is 1. The number of hydrogen-bond donors (Lipinski definition) is 1. The van der Waals surface area contributed by atoms with Gasteiger partial charge in [-0.2, -0.15) is 0 Å². The lowest BCUT2D eigenvalue weighted by Crippen LogP contribution is -2.45. The average molecular weight is 516 g/mol. The normalized spacial score (nSPS) is 31.4. The first-order valence-electron chi connectivity index (χ1n) is 14.4. The molecule has 3 atom stereocenters. The summed E-state index contributed by atoms with van der Waals surface area (Å²) in [5.41, 5.74) is 2.70. The highest BCUT2D eigenvalue weighted by Gasteiger charge is 2.49. The van der Waals surface area contributed by atoms with Crippen molar-refractivity contribution in [2.75, 3.05) is 0 Å². The molecule has 2 aliphatic carbocycles. The van der Waals surface area contributed by atoms with Crippen LogP contribution in [-0.2, 0) is 16.8 Å². The molecule has 2 fully saturated rings. The van der Waals surface area contributed by atoms with Crippen molar-refractivity contribution in [3.05, 3.63) is 95.1 Å². The lowest BCUT2D eigenvalue weighted by atomic mass is 9.67. The predicted molar refractivity (Wildman–Crippen MR) is 154 cm³/mol. The zero-order valence-corrected chi connectivity index (χ0v) is 23.1. The standard InChI is InChI=1S/C34H42ClNO/c1-33(22-10-12-27-11-8-9-17-31(27)35)23-20-26(21-24-33)18-19-28-25-34(36-32(28)37,29-13-4-2-5-14-29)30-15-6-3-7-16-30/h2-9,11,13-15,17,26,28,30H,10,12,16,18-25H2,1H3,(H,36,37). The van der Waals surface area contributed by atoms with Gasteiger partial charge in [-0.25, -0.2) is 0 Å². The second-order valence-electron chi connectivity index (χ2n) is 12.2. The maximum absolute atomic E-state index is 13.3. The fraction of sp³-hybridized carbons (Fsp3) is 0.500. The lowest BCUT2D eigenvalue weighted by molar-refractivity contribution is -0.123. The first-order chi connectivity index (χ1) is 18.0. The molecule has 0 spiro atoms. The van der Waals surface area contributed by atoms with Crippen molar-refractivity contribution in [2.24, 2.45) is 23.2 Å². The summed E-state index contributed by atoms with van der Waals surface area (Å²) in [6, 6.07) is 18.9. The fourth-order valence-electron chi connectivity index (χ4n) is 7.17. The Morgan fingerprint density at radius 1 is 0.973 bits per heavy atom. The number of carbonyl (C=O) groups is 1. The van der Waals surface area contributed by atoms with E-state index >= 15 is 0 Å². The summed E-state index contributed by atoms with van der Waals surface area (Å²) in [5.74, 6) is 1.44. The van der Waals surface area contributed by atoms with Gasteiger partial charge in [-0.1, -0.05) is 91.4 Å². The molecule has 3 unspecified atom stereocenters. The fourth-order valence-corrected chi connectivity index (χ4v) is 7.40. The average Bonchev–Trinajstić information content (AvgIpc) is 3.28. The second kappa shape index (κ2) is 11.6. The third kappa shape index (κ3) is 6.06. The van der Waals surface area contributed by atoms with Crippen molar-refractivity contribution in [1.82, 2.24) is 5.32 Å². The third-order valence-corrected chi connectivity index (χ3v) is 9.98. The van der Waals surface area contributed by atoms with E-state index in [0.29, 0.717) is 11.3 Å². The van der Waals surface area contributed by atoms with E-state index < -0.39 is 0 Å². The van der Waals surface area contributed by atoms with E-state index in [1.54, 1.807) is 0 Å². The number of carbonyl (C=O) groups excluding carboxylic acids is 1. The number of benzene rings is 2. The molecule has 2 nitrogen and oxygen atoms in total. The largest absolute Gasteiger partial charge is 0.346 e. The van der Waals surface area contributed by atoms with Gasteiger partial charge in [0, 0.05) is 16.9 Å². The number of halogens is 1. The number of amides is 1. The number of aryl methyl sites for hydroxylation is 1. The van der Waals surface area contributed by atoms with Crippen LogP contribution in [0.4, 0.5) is 0 Å². The Hall–Kier alpha value is -2.32. The number of allylic oxidation sites excluding steroid dienone is 3. The summed E-state index contributed by atoms with van der Waals surface area (Å²) in [5, 5.41) is 4.41. The molecule has 1 amide bonds. The molecule has 2 aromatic rings. The van der Waals surface area contributed by atoms with Crippen LogP contribution in [0.2, 0.25) is 5.02 Å². The van der Waals surface area contributed by atoms with Crippen molar-refractivity contribution in [3.8, 4) is 0 Å². The molecule has 1 N–H and O–H groups in total. The van der Waals surface area contributed by atoms with Crippen molar-refractivity contribution < 1.29 is 4.79 Å². The van der Waals surface area contributed by atoms with Gasteiger partial charge < -0.3 is 5.32 Å². The zero-order chi connectivity index (χ0) is 25.7. The highest BCUT2D eigenvalue weighted by Crippen LogP contribution is 2.47. The van der Waals surface area contributed by atoms with E-state index in [1.165, 1.54) is 56.1 Å². The Morgan fingerprint density at radius 2 is 1.73 bits per heavy atom. The Kier molecular flexibility index (Phi) is 8.24. The van der Waals surface area contributed by atoms with E-state index in [0.717, 1.165) is 36.6 Å². The molecular weight excluding hydrogens is 474 g/mol. The van der Waals surface area contributed by atoms with Crippen LogP contribution in [0, 0.1) is 23.2 Å². The molecule has 1 heterocycles. The van der Waals surface area contributed by atoms with Gasteiger partial charge in [-0.3, -0.25) is 4.79 Å². The van der Waals surface area contributed by atoms with Gasteiger partial charge in [-0.05, 0) is 99.2 Å². The highest BCUT2D eigenvalue weighted by atomic mass is 35.5. The molecule has 1 aliphatic heterocycles. The number of rotatable bonds is 9. The monoisotopic (exact) mass is 515 g/mol. The van der Waals surface area contributed by atoms with E-state index in [1.807, 2.05) is 12.1 Å². The van der Waals surface area contributed by atoms with Gasteiger partial charge in [-0.15, -0.1) is 0 Å². The molecular formula is C34H42ClNO. The van der Waals surface area contributed by atoms with E-state index in [-0.39, 0.29) is 17.4 Å². The minimum absolute atomic E-state index is 0.114. The predicted octanol–water partition coefficient (Wildman–Crippen LogP) is 8.80. The first-order valence-corrected chi connectivity index (χ1v) is 14.8. The second-order valence-corrected chi connectivity index (χ2v) is 12.6. The van der Waals surface area contributed by atoms with Crippen LogP contribution < -0.4 is 5.32 Å². The molecule has 3 aliphatic rings. The minimum Gasteiger partial charge on any atom is -0.346 e. The van der Waals surface area contributed by atoms with Crippen LogP contribution in [0.3, 0.4) is 0 Å². The minimum atomic E-state index is -0.281. The van der Waals surface area contributed by atoms with Gasteiger partial charge in [0.15, 0.2) is 0 Å². The van der Waals surface area contributed by atoms with Crippen molar-refractivity contribution in [2.45, 2.75) is 83.1 Å². The number of nitrogens with one attached hydrogen (secondary N) is 1. The quantitative estimate of drug-likeness (QED) is 0.355. The summed E-state index contributed by atoms with van der Waals surface area (Å²) in [6.45, 7) is 2.49. The van der Waals surface area contributed by atoms with Gasteiger partial charge in [0.05, 0.1) is 5.54 Å². The lowest BCUT2D eigenvalue weighted by Gasteiger charge is -2.38. The maximum atomic E-state index is 13.3. The molecule has 1 saturated carbocycles. The van der Waals surface area contributed by atoms with Crippen molar-refractivity contribution in [3.63, 3.8) is 0 Å². The maximum Gasteiger partial charge on any atom is 0.223 e. The molecule has 2 aromatic carbocycles. The molecule has 5 rings (SSSR count). The van der Waals surface area contributed by atoms with Gasteiger partial charge >= 0.3 is 0 Å². The smallest absolute Gasteiger partial charge is 0.223 e. The summed E-state index contributed by atoms with van der Waals surface area (Å²) >= 11 is 6.36. The third-order valence-electron chi connectivity index (χ3n) is 9.61. The van der Waals surface area contributed by atoms with Crippen molar-refractivity contribution >= 4 is 17.5 Å². The summed E-state index contributed by atoms with van der Waals surface area (Å²) in [6.07, 6.45) is 21.7. The summed E-state index contributed by atoms with van der Waals surface area (Å²) in [4.78, 5) is 13.3.